The van der Waals surface area contributed by atoms with Crippen molar-refractivity contribution in [3.05, 3.63) is 30.3 Å². The van der Waals surface area contributed by atoms with E-state index in [4.69, 9.17) is 9.84 Å². The van der Waals surface area contributed by atoms with Crippen LogP contribution in [0.5, 0.6) is 0 Å². The number of carboxylic acid groups (broad SMARTS) is 1. The first-order valence-electron chi connectivity index (χ1n) is 7.63. The average molecular weight is 367 g/mol. The number of nitrogens with zero attached hydrogens (tertiary/aromatic N) is 4. The Hall–Kier alpha value is -2.53. The summed E-state index contributed by atoms with van der Waals surface area (Å²) >= 11 is 0. The van der Waals surface area contributed by atoms with Crippen molar-refractivity contribution in [3.63, 3.8) is 0 Å². The highest BCUT2D eigenvalue weighted by Crippen LogP contribution is 2.19. The minimum atomic E-state index is -3.77. The molecule has 1 amide bonds. The van der Waals surface area contributed by atoms with E-state index in [0.717, 1.165) is 0 Å². The van der Waals surface area contributed by atoms with Crippen molar-refractivity contribution >= 4 is 15.9 Å². The van der Waals surface area contributed by atoms with Gasteiger partial charge in [-0.25, -0.2) is 13.2 Å². The van der Waals surface area contributed by atoms with E-state index in [1.807, 2.05) is 0 Å². The Morgan fingerprint density at radius 3 is 2.72 bits per heavy atom. The topological polar surface area (TPSA) is 136 Å². The lowest BCUT2D eigenvalue weighted by atomic mass is 10.1. The summed E-state index contributed by atoms with van der Waals surface area (Å²) in [4.78, 5) is 10.6. The smallest absolute Gasteiger partial charge is 0.404 e. The van der Waals surface area contributed by atoms with Gasteiger partial charge in [0.2, 0.25) is 9.84 Å². The Morgan fingerprint density at radius 1 is 1.32 bits per heavy atom. The number of hydrogen-bond acceptors (Lipinski definition) is 7. The Kier molecular flexibility index (Phi) is 4.95. The van der Waals surface area contributed by atoms with Crippen LogP contribution >= 0.6 is 0 Å². The zero-order chi connectivity index (χ0) is 17.9. The Bertz CT molecular complexity index is 830. The van der Waals surface area contributed by atoms with Crippen LogP contribution in [0.1, 0.15) is 12.8 Å². The predicted molar refractivity (Wildman–Crippen MR) is 85.1 cm³/mol. The van der Waals surface area contributed by atoms with Gasteiger partial charge in [0.25, 0.3) is 5.16 Å². The van der Waals surface area contributed by atoms with Crippen LogP contribution in [0.4, 0.5) is 4.79 Å². The van der Waals surface area contributed by atoms with E-state index in [0.29, 0.717) is 18.5 Å². The molecule has 2 atom stereocenters. The normalized spacial score (nSPS) is 21.0. The average Bonchev–Trinajstić information content (AvgIpc) is 3.07. The van der Waals surface area contributed by atoms with Gasteiger partial charge in [-0.15, -0.1) is 0 Å². The van der Waals surface area contributed by atoms with Crippen LogP contribution in [-0.2, 0) is 14.6 Å². The van der Waals surface area contributed by atoms with Gasteiger partial charge in [0.15, 0.2) is 0 Å². The molecule has 1 aliphatic rings. The fraction of sp³-hybridized carbons (Fsp3) is 0.429. The maximum atomic E-state index is 12.7. The van der Waals surface area contributed by atoms with Gasteiger partial charge in [-0.2, -0.15) is 4.68 Å². The number of ether oxygens (including phenoxy) is 1. The van der Waals surface area contributed by atoms with Crippen LogP contribution < -0.4 is 5.32 Å². The molecule has 134 valence electrons. The number of aromatic nitrogens is 4. The maximum Gasteiger partial charge on any atom is 0.404 e. The molecule has 3 rings (SSSR count). The fourth-order valence-electron chi connectivity index (χ4n) is 2.65. The number of nitrogens with one attached hydrogen (secondary N) is 1. The lowest BCUT2D eigenvalue weighted by Gasteiger charge is -2.28. The van der Waals surface area contributed by atoms with E-state index < -0.39 is 22.0 Å². The molecule has 1 aliphatic heterocycles. The zero-order valence-corrected chi connectivity index (χ0v) is 14.0. The van der Waals surface area contributed by atoms with Crippen molar-refractivity contribution in [2.75, 3.05) is 12.4 Å². The zero-order valence-electron chi connectivity index (χ0n) is 13.1. The van der Waals surface area contributed by atoms with Gasteiger partial charge in [-0.05, 0) is 35.4 Å². The van der Waals surface area contributed by atoms with Crippen LogP contribution in [0, 0.1) is 0 Å². The highest BCUT2D eigenvalue weighted by molar-refractivity contribution is 7.91. The molecule has 1 aromatic carbocycles. The van der Waals surface area contributed by atoms with Crippen molar-refractivity contribution in [1.82, 2.24) is 25.5 Å². The lowest BCUT2D eigenvalue weighted by molar-refractivity contribution is 0.0112. The molecule has 1 fully saturated rings. The maximum absolute atomic E-state index is 12.7. The molecule has 0 aliphatic carbocycles. The van der Waals surface area contributed by atoms with E-state index in [2.05, 4.69) is 20.8 Å². The van der Waals surface area contributed by atoms with Crippen LogP contribution in [0.2, 0.25) is 0 Å². The van der Waals surface area contributed by atoms with Gasteiger partial charge in [-0.1, -0.05) is 23.3 Å². The van der Waals surface area contributed by atoms with Gasteiger partial charge < -0.3 is 15.2 Å². The summed E-state index contributed by atoms with van der Waals surface area (Å²) in [6.45, 7) is 0.135. The van der Waals surface area contributed by atoms with Gasteiger partial charge in [0.05, 0.1) is 30.2 Å². The summed E-state index contributed by atoms with van der Waals surface area (Å²) in [6.07, 6.45) is -0.716. The molecule has 0 spiro atoms. The van der Waals surface area contributed by atoms with Crippen LogP contribution in [0.3, 0.4) is 0 Å². The quantitative estimate of drug-likeness (QED) is 0.767. The van der Waals surface area contributed by atoms with Crippen molar-refractivity contribution in [1.29, 1.82) is 0 Å². The second-order valence-electron chi connectivity index (χ2n) is 5.67. The molecule has 1 aromatic heterocycles. The monoisotopic (exact) mass is 367 g/mol. The van der Waals surface area contributed by atoms with Gasteiger partial charge in [0.1, 0.15) is 0 Å². The van der Waals surface area contributed by atoms with E-state index in [-0.39, 0.29) is 23.6 Å². The fourth-order valence-corrected chi connectivity index (χ4v) is 4.12. The second kappa shape index (κ2) is 7.15. The van der Waals surface area contributed by atoms with Gasteiger partial charge >= 0.3 is 6.09 Å². The summed E-state index contributed by atoms with van der Waals surface area (Å²) in [6, 6.07) is 8.40. The molecule has 0 saturated carbocycles. The molecule has 2 N–H and O–H groups in total. The SMILES string of the molecule is O=C(O)N[C@@H]1CC[C@@H](CS(=O)(=O)c2nnnn2-c2ccccc2)OC1. The number of amides is 1. The molecule has 2 heterocycles. The molecule has 0 unspecified atom stereocenters. The molecule has 11 heteroatoms. The minimum absolute atomic E-state index is 0.135. The number of para-hydroxylation sites is 1. The highest BCUT2D eigenvalue weighted by atomic mass is 32.2. The number of hydrogen-bond donors (Lipinski definition) is 2. The molecule has 0 bridgehead atoms. The van der Waals surface area contributed by atoms with Crippen molar-refractivity contribution < 1.29 is 23.1 Å². The number of tetrazole rings is 1. The van der Waals surface area contributed by atoms with Gasteiger partial charge in [0, 0.05) is 0 Å². The second-order valence-corrected chi connectivity index (χ2v) is 7.60. The van der Waals surface area contributed by atoms with E-state index in [9.17, 15) is 13.2 Å². The third-order valence-electron chi connectivity index (χ3n) is 3.82. The molecular formula is C14H17N5O5S. The van der Waals surface area contributed by atoms with Crippen molar-refractivity contribution in [2.24, 2.45) is 0 Å². The summed E-state index contributed by atoms with van der Waals surface area (Å²) in [7, 11) is -3.77. The number of benzene rings is 1. The molecule has 25 heavy (non-hydrogen) atoms. The summed E-state index contributed by atoms with van der Waals surface area (Å²) < 4.78 is 32.0. The first kappa shape index (κ1) is 17.3. The molecule has 2 aromatic rings. The Balaban J connectivity index is 1.70. The highest BCUT2D eigenvalue weighted by Gasteiger charge is 2.31. The summed E-state index contributed by atoms with van der Waals surface area (Å²) in [5.41, 5.74) is 0.543. The third kappa shape index (κ3) is 4.12. The Labute approximate surface area is 143 Å². The third-order valence-corrected chi connectivity index (χ3v) is 5.44. The lowest BCUT2D eigenvalue weighted by Crippen LogP contribution is -2.43. The summed E-state index contributed by atoms with van der Waals surface area (Å²) in [5.74, 6) is -0.264. The van der Waals surface area contributed by atoms with E-state index in [1.165, 1.54) is 4.68 Å². The first-order chi connectivity index (χ1) is 12.0. The van der Waals surface area contributed by atoms with Crippen molar-refractivity contribution in [3.8, 4) is 5.69 Å². The first-order valence-corrected chi connectivity index (χ1v) is 9.28. The standard InChI is InChI=1S/C14H17N5O5S/c20-14(21)15-10-6-7-12(24-8-10)9-25(22,23)13-16-17-18-19(13)11-4-2-1-3-5-11/h1-5,10,12,15H,6-9H2,(H,20,21)/t10-,12+/m1/s1. The largest absolute Gasteiger partial charge is 0.465 e. The predicted octanol–water partition coefficient (Wildman–Crippen LogP) is 0.251. The number of rotatable bonds is 5. The molecular weight excluding hydrogens is 350 g/mol. The van der Waals surface area contributed by atoms with Crippen LogP contribution in [0.15, 0.2) is 35.5 Å². The van der Waals surface area contributed by atoms with E-state index in [1.54, 1.807) is 30.3 Å². The molecule has 10 nitrogen and oxygen atoms in total. The summed E-state index contributed by atoms with van der Waals surface area (Å²) in [5, 5.41) is 21.7. The Morgan fingerprint density at radius 2 is 2.08 bits per heavy atom. The minimum Gasteiger partial charge on any atom is -0.465 e. The van der Waals surface area contributed by atoms with Crippen LogP contribution in [-0.4, -0.2) is 64.3 Å². The molecule has 1 saturated heterocycles. The molecule has 0 radical (unpaired) electrons. The van der Waals surface area contributed by atoms with Crippen LogP contribution in [0.25, 0.3) is 5.69 Å². The van der Waals surface area contributed by atoms with Gasteiger partial charge in [-0.3, -0.25) is 0 Å². The number of sulfone groups is 1. The van der Waals surface area contributed by atoms with Crippen molar-refractivity contribution in [2.45, 2.75) is 30.1 Å². The van der Waals surface area contributed by atoms with E-state index >= 15 is 0 Å². The number of carbonyl (C=O) groups is 1.